The number of carbonyl (C=O) groups is 1. The van der Waals surface area contributed by atoms with E-state index in [1.807, 2.05) is 6.92 Å². The Labute approximate surface area is 128 Å². The molecule has 116 valence electrons. The van der Waals surface area contributed by atoms with Gasteiger partial charge < -0.3 is 10.6 Å². The van der Waals surface area contributed by atoms with Gasteiger partial charge >= 0.3 is 0 Å². The molecule has 6 heteroatoms. The van der Waals surface area contributed by atoms with Crippen LogP contribution in [-0.2, 0) is 0 Å². The van der Waals surface area contributed by atoms with E-state index in [9.17, 15) is 9.18 Å². The van der Waals surface area contributed by atoms with Gasteiger partial charge in [-0.1, -0.05) is 12.1 Å². The highest BCUT2D eigenvalue weighted by Gasteiger charge is 2.33. The fourth-order valence-corrected chi connectivity index (χ4v) is 2.95. The maximum Gasteiger partial charge on any atom is 0.274 e. The minimum Gasteiger partial charge on any atom is -0.334 e. The van der Waals surface area contributed by atoms with Gasteiger partial charge in [0.25, 0.3) is 5.91 Å². The van der Waals surface area contributed by atoms with Gasteiger partial charge in [-0.25, -0.2) is 9.07 Å². The first-order valence-corrected chi connectivity index (χ1v) is 7.41. The topological polar surface area (TPSA) is 64.2 Å². The fourth-order valence-electron chi connectivity index (χ4n) is 2.95. The second-order valence-corrected chi connectivity index (χ2v) is 5.74. The summed E-state index contributed by atoms with van der Waals surface area (Å²) in [6.45, 7) is 3.25. The van der Waals surface area contributed by atoms with Crippen molar-refractivity contribution in [2.24, 2.45) is 11.7 Å². The number of halogens is 1. The first-order valence-electron chi connectivity index (χ1n) is 7.41. The van der Waals surface area contributed by atoms with Gasteiger partial charge in [0.1, 0.15) is 11.5 Å². The minimum absolute atomic E-state index is 0.126. The van der Waals surface area contributed by atoms with Crippen molar-refractivity contribution in [2.45, 2.75) is 19.4 Å². The fraction of sp³-hybridized carbons (Fsp3) is 0.375. The number of carbonyl (C=O) groups excluding carboxylic acids is 1. The molecule has 0 spiro atoms. The zero-order chi connectivity index (χ0) is 15.7. The summed E-state index contributed by atoms with van der Waals surface area (Å²) in [5, 5.41) is 4.23. The molecular weight excluding hydrogens is 283 g/mol. The Morgan fingerprint density at radius 3 is 2.86 bits per heavy atom. The zero-order valence-corrected chi connectivity index (χ0v) is 12.4. The molecule has 1 aromatic carbocycles. The van der Waals surface area contributed by atoms with Crippen LogP contribution in [0.3, 0.4) is 0 Å². The molecule has 1 aliphatic heterocycles. The number of hydrogen-bond acceptors (Lipinski definition) is 3. The van der Waals surface area contributed by atoms with Crippen LogP contribution in [0.2, 0.25) is 0 Å². The third kappa shape index (κ3) is 2.62. The van der Waals surface area contributed by atoms with Crippen LogP contribution in [0, 0.1) is 11.7 Å². The van der Waals surface area contributed by atoms with Crippen molar-refractivity contribution < 1.29 is 9.18 Å². The Morgan fingerprint density at radius 2 is 2.18 bits per heavy atom. The lowest BCUT2D eigenvalue weighted by Crippen LogP contribution is -2.34. The summed E-state index contributed by atoms with van der Waals surface area (Å²) in [6.07, 6.45) is 2.52. The van der Waals surface area contributed by atoms with E-state index in [1.54, 1.807) is 35.4 Å². The molecule has 0 bridgehead atoms. The van der Waals surface area contributed by atoms with Gasteiger partial charge in [-0.3, -0.25) is 4.79 Å². The van der Waals surface area contributed by atoms with E-state index in [1.165, 1.54) is 10.7 Å². The summed E-state index contributed by atoms with van der Waals surface area (Å²) in [6, 6.07) is 8.12. The van der Waals surface area contributed by atoms with E-state index in [4.69, 9.17) is 5.73 Å². The summed E-state index contributed by atoms with van der Waals surface area (Å²) in [4.78, 5) is 14.4. The van der Waals surface area contributed by atoms with Gasteiger partial charge in [-0.2, -0.15) is 5.10 Å². The van der Waals surface area contributed by atoms with E-state index in [0.29, 0.717) is 30.4 Å². The van der Waals surface area contributed by atoms with Gasteiger partial charge in [-0.05, 0) is 44.0 Å². The summed E-state index contributed by atoms with van der Waals surface area (Å²) in [5.41, 5.74) is 6.35. The van der Waals surface area contributed by atoms with Gasteiger partial charge in [0.2, 0.25) is 0 Å². The molecule has 3 rings (SSSR count). The first-order chi connectivity index (χ1) is 10.6. The number of para-hydroxylation sites is 1. The summed E-state index contributed by atoms with van der Waals surface area (Å²) in [5.74, 6) is -0.159. The van der Waals surface area contributed by atoms with Crippen LogP contribution in [0.15, 0.2) is 36.5 Å². The van der Waals surface area contributed by atoms with Crippen LogP contribution in [0.25, 0.3) is 5.69 Å². The van der Waals surface area contributed by atoms with E-state index < -0.39 is 0 Å². The summed E-state index contributed by atoms with van der Waals surface area (Å²) >= 11 is 0. The number of hydrogen-bond donors (Lipinski definition) is 1. The quantitative estimate of drug-likeness (QED) is 0.940. The molecule has 2 heterocycles. The van der Waals surface area contributed by atoms with Crippen LogP contribution in [0.5, 0.6) is 0 Å². The molecule has 1 aliphatic rings. The molecule has 0 aliphatic carbocycles. The molecule has 0 saturated carbocycles. The summed E-state index contributed by atoms with van der Waals surface area (Å²) in [7, 11) is 0. The van der Waals surface area contributed by atoms with Gasteiger partial charge in [0.05, 0.1) is 0 Å². The molecule has 1 fully saturated rings. The lowest BCUT2D eigenvalue weighted by atomic mass is 10.1. The first kappa shape index (κ1) is 14.7. The highest BCUT2D eigenvalue weighted by atomic mass is 19.1. The van der Waals surface area contributed by atoms with E-state index in [0.717, 1.165) is 6.42 Å². The molecule has 2 N–H and O–H groups in total. The molecule has 2 aromatic rings. The Morgan fingerprint density at radius 1 is 1.41 bits per heavy atom. The van der Waals surface area contributed by atoms with Crippen LogP contribution >= 0.6 is 0 Å². The number of likely N-dealkylation sites (tertiary alicyclic amines) is 1. The lowest BCUT2D eigenvalue weighted by molar-refractivity contribution is 0.0737. The van der Waals surface area contributed by atoms with E-state index >= 15 is 0 Å². The van der Waals surface area contributed by atoms with Gasteiger partial charge in [0.15, 0.2) is 5.69 Å². The highest BCUT2D eigenvalue weighted by Crippen LogP contribution is 2.24. The van der Waals surface area contributed by atoms with Crippen LogP contribution < -0.4 is 5.73 Å². The molecule has 1 aromatic heterocycles. The van der Waals surface area contributed by atoms with Crippen molar-refractivity contribution in [3.63, 3.8) is 0 Å². The molecular formula is C16H19FN4O. The van der Waals surface area contributed by atoms with Crippen molar-refractivity contribution in [1.29, 1.82) is 0 Å². The number of nitrogens with two attached hydrogens (primary N) is 1. The van der Waals surface area contributed by atoms with Crippen molar-refractivity contribution >= 4 is 5.91 Å². The standard InChI is InChI=1S/C16H19FN4O/c1-11-8-12(9-18)10-20(11)16(22)14-6-7-21(19-14)15-5-3-2-4-13(15)17/h2-7,11-12H,8-10,18H2,1H3. The van der Waals surface area contributed by atoms with Crippen molar-refractivity contribution in [1.82, 2.24) is 14.7 Å². The van der Waals surface area contributed by atoms with E-state index in [-0.39, 0.29) is 17.8 Å². The normalized spacial score (nSPS) is 21.3. The van der Waals surface area contributed by atoms with Gasteiger partial charge in [-0.15, -0.1) is 0 Å². The largest absolute Gasteiger partial charge is 0.334 e. The second-order valence-electron chi connectivity index (χ2n) is 5.74. The zero-order valence-electron chi connectivity index (χ0n) is 12.4. The lowest BCUT2D eigenvalue weighted by Gasteiger charge is -2.20. The van der Waals surface area contributed by atoms with Crippen LogP contribution in [0.4, 0.5) is 4.39 Å². The van der Waals surface area contributed by atoms with E-state index in [2.05, 4.69) is 5.10 Å². The Bertz CT molecular complexity index is 684. The third-order valence-corrected chi connectivity index (χ3v) is 4.16. The molecule has 1 amide bonds. The molecule has 2 unspecified atom stereocenters. The second kappa shape index (κ2) is 5.88. The maximum atomic E-state index is 13.8. The predicted octanol–water partition coefficient (Wildman–Crippen LogP) is 1.82. The predicted molar refractivity (Wildman–Crippen MR) is 81.2 cm³/mol. The SMILES string of the molecule is CC1CC(CN)CN1C(=O)c1ccn(-c2ccccc2F)n1. The number of amides is 1. The van der Waals surface area contributed by atoms with Gasteiger partial charge in [0, 0.05) is 18.8 Å². The minimum atomic E-state index is -0.373. The smallest absolute Gasteiger partial charge is 0.274 e. The molecule has 1 saturated heterocycles. The summed E-state index contributed by atoms with van der Waals surface area (Å²) < 4.78 is 15.2. The Balaban J connectivity index is 1.82. The Hall–Kier alpha value is -2.21. The van der Waals surface area contributed by atoms with Crippen LogP contribution in [-0.4, -0.2) is 39.7 Å². The van der Waals surface area contributed by atoms with Crippen molar-refractivity contribution in [3.8, 4) is 5.69 Å². The number of rotatable bonds is 3. The average molecular weight is 302 g/mol. The highest BCUT2D eigenvalue weighted by molar-refractivity contribution is 5.92. The monoisotopic (exact) mass is 302 g/mol. The number of benzene rings is 1. The average Bonchev–Trinajstić information content (AvgIpc) is 3.14. The Kier molecular flexibility index (Phi) is 3.94. The maximum absolute atomic E-state index is 13.8. The molecule has 2 atom stereocenters. The third-order valence-electron chi connectivity index (χ3n) is 4.16. The van der Waals surface area contributed by atoms with Crippen LogP contribution in [0.1, 0.15) is 23.8 Å². The van der Waals surface area contributed by atoms with Crippen molar-refractivity contribution in [3.05, 3.63) is 48.0 Å². The number of nitrogens with zero attached hydrogens (tertiary/aromatic N) is 3. The number of aromatic nitrogens is 2. The molecule has 22 heavy (non-hydrogen) atoms. The molecule has 0 radical (unpaired) electrons. The van der Waals surface area contributed by atoms with Crippen molar-refractivity contribution in [2.75, 3.05) is 13.1 Å². The molecule has 5 nitrogen and oxygen atoms in total.